The van der Waals surface area contributed by atoms with E-state index in [1.807, 2.05) is 4.90 Å². The minimum atomic E-state index is -0.486. The summed E-state index contributed by atoms with van der Waals surface area (Å²) in [6.07, 6.45) is 0.997. The molecule has 0 radical (unpaired) electrons. The standard InChI is InChI=1S/C10H14N4O3/c11-9-5-7(14(16)17)6-10(12-9)13-3-1-8(15)2-4-13/h5-6,8,15H,1-4H2,(H2,11,12). The van der Waals surface area contributed by atoms with Gasteiger partial charge in [0.15, 0.2) is 0 Å². The average Bonchev–Trinajstić information content (AvgIpc) is 2.29. The molecule has 0 atom stereocenters. The van der Waals surface area contributed by atoms with Crippen LogP contribution in [0.25, 0.3) is 0 Å². The number of hydrogen-bond acceptors (Lipinski definition) is 6. The quantitative estimate of drug-likeness (QED) is 0.575. The van der Waals surface area contributed by atoms with Gasteiger partial charge in [-0.3, -0.25) is 10.1 Å². The van der Waals surface area contributed by atoms with Crippen molar-refractivity contribution < 1.29 is 10.0 Å². The summed E-state index contributed by atoms with van der Waals surface area (Å²) in [4.78, 5) is 16.2. The number of aliphatic hydroxyl groups excluding tert-OH is 1. The van der Waals surface area contributed by atoms with E-state index in [2.05, 4.69) is 4.98 Å². The van der Waals surface area contributed by atoms with Gasteiger partial charge in [0.25, 0.3) is 5.69 Å². The lowest BCUT2D eigenvalue weighted by atomic mass is 10.1. The first-order valence-electron chi connectivity index (χ1n) is 5.41. The zero-order valence-corrected chi connectivity index (χ0v) is 9.24. The molecule has 1 fully saturated rings. The fraction of sp³-hybridized carbons (Fsp3) is 0.500. The van der Waals surface area contributed by atoms with Crippen molar-refractivity contribution in [3.63, 3.8) is 0 Å². The van der Waals surface area contributed by atoms with E-state index in [1.54, 1.807) is 0 Å². The van der Waals surface area contributed by atoms with Crippen LogP contribution in [0.4, 0.5) is 17.3 Å². The van der Waals surface area contributed by atoms with Crippen LogP contribution in [-0.4, -0.2) is 34.2 Å². The number of aliphatic hydroxyl groups is 1. The van der Waals surface area contributed by atoms with Gasteiger partial charge in [-0.25, -0.2) is 4.98 Å². The lowest BCUT2D eigenvalue weighted by molar-refractivity contribution is -0.384. The summed E-state index contributed by atoms with van der Waals surface area (Å²) in [7, 11) is 0. The van der Waals surface area contributed by atoms with Gasteiger partial charge >= 0.3 is 0 Å². The van der Waals surface area contributed by atoms with Crippen molar-refractivity contribution in [2.24, 2.45) is 0 Å². The maximum atomic E-state index is 10.7. The molecule has 1 aliphatic heterocycles. The largest absolute Gasteiger partial charge is 0.393 e. The lowest BCUT2D eigenvalue weighted by Crippen LogP contribution is -2.36. The van der Waals surface area contributed by atoms with Crippen molar-refractivity contribution in [1.82, 2.24) is 4.98 Å². The van der Waals surface area contributed by atoms with Gasteiger partial charge in [0.2, 0.25) is 0 Å². The van der Waals surface area contributed by atoms with Crippen LogP contribution in [-0.2, 0) is 0 Å². The summed E-state index contributed by atoms with van der Waals surface area (Å²) >= 11 is 0. The average molecular weight is 238 g/mol. The van der Waals surface area contributed by atoms with E-state index < -0.39 is 4.92 Å². The van der Waals surface area contributed by atoms with Crippen molar-refractivity contribution >= 4 is 17.3 Å². The highest BCUT2D eigenvalue weighted by atomic mass is 16.6. The molecule has 0 unspecified atom stereocenters. The van der Waals surface area contributed by atoms with Crippen LogP contribution in [0.3, 0.4) is 0 Å². The highest BCUT2D eigenvalue weighted by Crippen LogP contribution is 2.24. The monoisotopic (exact) mass is 238 g/mol. The molecule has 1 saturated heterocycles. The molecule has 0 bridgehead atoms. The van der Waals surface area contributed by atoms with Crippen LogP contribution in [0.5, 0.6) is 0 Å². The third-order valence-corrected chi connectivity index (χ3v) is 2.82. The Morgan fingerprint density at radius 1 is 1.47 bits per heavy atom. The number of nitrogen functional groups attached to an aromatic ring is 1. The summed E-state index contributed by atoms with van der Waals surface area (Å²) in [5.41, 5.74) is 5.48. The maximum absolute atomic E-state index is 10.7. The number of pyridine rings is 1. The van der Waals surface area contributed by atoms with Gasteiger partial charge in [-0.2, -0.15) is 0 Å². The molecule has 0 spiro atoms. The summed E-state index contributed by atoms with van der Waals surface area (Å²) in [5, 5.41) is 20.1. The van der Waals surface area contributed by atoms with Crippen molar-refractivity contribution in [1.29, 1.82) is 0 Å². The summed E-state index contributed by atoms with van der Waals surface area (Å²) in [6, 6.07) is 2.65. The predicted molar refractivity (Wildman–Crippen MR) is 62.8 cm³/mol. The number of nitrogens with two attached hydrogens (primary N) is 1. The number of piperidine rings is 1. The second kappa shape index (κ2) is 4.54. The molecule has 17 heavy (non-hydrogen) atoms. The third kappa shape index (κ3) is 2.62. The Labute approximate surface area is 98.0 Å². The normalized spacial score (nSPS) is 17.1. The van der Waals surface area contributed by atoms with Gasteiger partial charge in [0, 0.05) is 13.1 Å². The molecule has 3 N–H and O–H groups in total. The van der Waals surface area contributed by atoms with E-state index in [4.69, 9.17) is 5.73 Å². The predicted octanol–water partition coefficient (Wildman–Crippen LogP) is 0.533. The highest BCUT2D eigenvalue weighted by molar-refractivity contribution is 5.54. The van der Waals surface area contributed by atoms with E-state index in [9.17, 15) is 15.2 Å². The Balaban J connectivity index is 2.23. The summed E-state index contributed by atoms with van der Waals surface area (Å²) in [6.45, 7) is 1.27. The summed E-state index contributed by atoms with van der Waals surface area (Å²) < 4.78 is 0. The van der Waals surface area contributed by atoms with Crippen LogP contribution >= 0.6 is 0 Å². The Kier molecular flexibility index (Phi) is 3.10. The molecule has 0 saturated carbocycles. The van der Waals surface area contributed by atoms with Crippen LogP contribution in [0.15, 0.2) is 12.1 Å². The molecule has 7 nitrogen and oxygen atoms in total. The maximum Gasteiger partial charge on any atom is 0.276 e. The van der Waals surface area contributed by atoms with Crippen LogP contribution < -0.4 is 10.6 Å². The third-order valence-electron chi connectivity index (χ3n) is 2.82. The summed E-state index contributed by atoms with van der Waals surface area (Å²) in [5.74, 6) is 0.643. The molecule has 0 aromatic carbocycles. The fourth-order valence-electron chi connectivity index (χ4n) is 1.88. The smallest absolute Gasteiger partial charge is 0.276 e. The molecule has 7 heteroatoms. The van der Waals surface area contributed by atoms with E-state index in [-0.39, 0.29) is 17.6 Å². The first-order chi connectivity index (χ1) is 8.06. The molecule has 1 aliphatic rings. The van der Waals surface area contributed by atoms with Crippen LogP contribution in [0.1, 0.15) is 12.8 Å². The van der Waals surface area contributed by atoms with Crippen molar-refractivity contribution in [3.05, 3.63) is 22.2 Å². The zero-order valence-electron chi connectivity index (χ0n) is 9.24. The molecule has 2 rings (SSSR count). The number of aromatic nitrogens is 1. The van der Waals surface area contributed by atoms with Crippen molar-refractivity contribution in [3.8, 4) is 0 Å². The minimum absolute atomic E-state index is 0.0568. The topological polar surface area (TPSA) is 106 Å². The molecular weight excluding hydrogens is 224 g/mol. The molecular formula is C10H14N4O3. The number of rotatable bonds is 2. The Hall–Kier alpha value is -1.89. The molecule has 92 valence electrons. The van der Waals surface area contributed by atoms with E-state index in [1.165, 1.54) is 12.1 Å². The minimum Gasteiger partial charge on any atom is -0.393 e. The van der Waals surface area contributed by atoms with Gasteiger partial charge in [0.1, 0.15) is 11.6 Å². The first-order valence-corrected chi connectivity index (χ1v) is 5.41. The van der Waals surface area contributed by atoms with Crippen LogP contribution in [0, 0.1) is 10.1 Å². The van der Waals surface area contributed by atoms with Crippen LogP contribution in [0.2, 0.25) is 0 Å². The van der Waals surface area contributed by atoms with E-state index in [0.29, 0.717) is 31.7 Å². The van der Waals surface area contributed by atoms with Gasteiger partial charge in [-0.05, 0) is 12.8 Å². The highest BCUT2D eigenvalue weighted by Gasteiger charge is 2.20. The number of hydrogen-bond donors (Lipinski definition) is 2. The fourth-order valence-corrected chi connectivity index (χ4v) is 1.88. The SMILES string of the molecule is Nc1cc([N+](=O)[O-])cc(N2CCC(O)CC2)n1. The van der Waals surface area contributed by atoms with Gasteiger partial charge in [-0.15, -0.1) is 0 Å². The zero-order chi connectivity index (χ0) is 12.4. The van der Waals surface area contributed by atoms with E-state index >= 15 is 0 Å². The number of nitro groups is 1. The second-order valence-corrected chi connectivity index (χ2v) is 4.08. The Morgan fingerprint density at radius 2 is 2.12 bits per heavy atom. The molecule has 2 heterocycles. The van der Waals surface area contributed by atoms with Gasteiger partial charge in [-0.1, -0.05) is 0 Å². The molecule has 0 aliphatic carbocycles. The second-order valence-electron chi connectivity index (χ2n) is 4.08. The number of nitrogens with zero attached hydrogens (tertiary/aromatic N) is 3. The molecule has 1 aromatic rings. The first kappa shape index (κ1) is 11.6. The lowest BCUT2D eigenvalue weighted by Gasteiger charge is -2.30. The van der Waals surface area contributed by atoms with Crippen molar-refractivity contribution in [2.45, 2.75) is 18.9 Å². The van der Waals surface area contributed by atoms with Gasteiger partial charge in [0.05, 0.1) is 23.2 Å². The van der Waals surface area contributed by atoms with E-state index in [0.717, 1.165) is 0 Å². The van der Waals surface area contributed by atoms with Crippen molar-refractivity contribution in [2.75, 3.05) is 23.7 Å². The molecule has 0 amide bonds. The molecule has 1 aromatic heterocycles. The Morgan fingerprint density at radius 3 is 2.71 bits per heavy atom. The Bertz CT molecular complexity index is 430. The number of anilines is 2. The van der Waals surface area contributed by atoms with Gasteiger partial charge < -0.3 is 15.7 Å².